The molecule has 2 N–H and O–H groups in total. The Morgan fingerprint density at radius 2 is 2.05 bits per heavy atom. The molecule has 0 aromatic carbocycles. The summed E-state index contributed by atoms with van der Waals surface area (Å²) < 4.78 is 26.9. The van der Waals surface area contributed by atoms with Crippen molar-refractivity contribution in [2.24, 2.45) is 5.92 Å². The monoisotopic (exact) mass is 319 g/mol. The number of aromatic nitrogens is 1. The summed E-state index contributed by atoms with van der Waals surface area (Å²) in [6.45, 7) is 4.19. The number of aromatic amines is 1. The van der Waals surface area contributed by atoms with Gasteiger partial charge in [-0.05, 0) is 52.2 Å². The smallest absolute Gasteiger partial charge is 0.305 e. The lowest BCUT2D eigenvalue weighted by atomic mass is 9.94. The SMILES string of the molecule is Cc1[nH]c(=O)sc1S(=O)(=O)NCCC1CCN(C)CC1. The van der Waals surface area contributed by atoms with Gasteiger partial charge in [0.05, 0.1) is 0 Å². The summed E-state index contributed by atoms with van der Waals surface area (Å²) >= 11 is 0.739. The van der Waals surface area contributed by atoms with E-state index in [2.05, 4.69) is 21.7 Å². The first-order chi connectivity index (χ1) is 9.38. The molecule has 1 aliphatic rings. The molecule has 1 aliphatic heterocycles. The first-order valence-electron chi connectivity index (χ1n) is 6.76. The minimum atomic E-state index is -3.55. The predicted octanol–water partition coefficient (Wildman–Crippen LogP) is 0.755. The minimum Gasteiger partial charge on any atom is -0.315 e. The van der Waals surface area contributed by atoms with Gasteiger partial charge in [-0.2, -0.15) is 0 Å². The van der Waals surface area contributed by atoms with Gasteiger partial charge < -0.3 is 9.88 Å². The maximum atomic E-state index is 12.1. The lowest BCUT2D eigenvalue weighted by Gasteiger charge is -2.28. The highest BCUT2D eigenvalue weighted by molar-refractivity contribution is 7.91. The Balaban J connectivity index is 1.87. The van der Waals surface area contributed by atoms with Gasteiger partial charge in [-0.15, -0.1) is 0 Å². The largest absolute Gasteiger partial charge is 0.315 e. The number of likely N-dealkylation sites (tertiary alicyclic amines) is 1. The number of thiazole rings is 1. The molecule has 8 heteroatoms. The molecule has 0 spiro atoms. The first-order valence-corrected chi connectivity index (χ1v) is 9.06. The zero-order chi connectivity index (χ0) is 14.8. The van der Waals surface area contributed by atoms with Gasteiger partial charge in [0.25, 0.3) is 10.0 Å². The van der Waals surface area contributed by atoms with Gasteiger partial charge >= 0.3 is 4.87 Å². The van der Waals surface area contributed by atoms with Crippen LogP contribution < -0.4 is 9.60 Å². The molecule has 1 fully saturated rings. The molecule has 114 valence electrons. The second kappa shape index (κ2) is 6.38. The number of aryl methyl sites for hydroxylation is 1. The Morgan fingerprint density at radius 1 is 1.40 bits per heavy atom. The van der Waals surface area contributed by atoms with Crippen molar-refractivity contribution in [1.29, 1.82) is 0 Å². The zero-order valence-corrected chi connectivity index (χ0v) is 13.4. The fraction of sp³-hybridized carbons (Fsp3) is 0.750. The molecule has 1 saturated heterocycles. The average Bonchev–Trinajstić information content (AvgIpc) is 2.72. The van der Waals surface area contributed by atoms with E-state index in [4.69, 9.17) is 0 Å². The highest BCUT2D eigenvalue weighted by atomic mass is 32.2. The first kappa shape index (κ1) is 15.7. The predicted molar refractivity (Wildman–Crippen MR) is 79.7 cm³/mol. The van der Waals surface area contributed by atoms with Gasteiger partial charge in [0, 0.05) is 12.2 Å². The molecule has 0 unspecified atom stereocenters. The summed E-state index contributed by atoms with van der Waals surface area (Å²) in [6.07, 6.45) is 3.09. The Kier molecular flexibility index (Phi) is 5.00. The number of piperidine rings is 1. The normalized spacial score (nSPS) is 18.5. The number of nitrogens with one attached hydrogen (secondary N) is 2. The van der Waals surface area contributed by atoms with E-state index in [1.165, 1.54) is 0 Å². The fourth-order valence-corrected chi connectivity index (χ4v) is 4.85. The minimum absolute atomic E-state index is 0.103. The van der Waals surface area contributed by atoms with Crippen molar-refractivity contribution in [2.45, 2.75) is 30.4 Å². The van der Waals surface area contributed by atoms with Crippen LogP contribution in [0.3, 0.4) is 0 Å². The number of rotatable bonds is 5. The molecular weight excluding hydrogens is 298 g/mol. The number of H-pyrrole nitrogens is 1. The highest BCUT2D eigenvalue weighted by Crippen LogP contribution is 2.20. The third kappa shape index (κ3) is 3.91. The Bertz CT molecular complexity index is 598. The van der Waals surface area contributed by atoms with Crippen molar-refractivity contribution in [3.05, 3.63) is 15.4 Å². The molecule has 0 bridgehead atoms. The van der Waals surface area contributed by atoms with E-state index in [9.17, 15) is 13.2 Å². The van der Waals surface area contributed by atoms with Crippen LogP contribution in [0.5, 0.6) is 0 Å². The maximum absolute atomic E-state index is 12.1. The molecule has 2 heterocycles. The average molecular weight is 319 g/mol. The van der Waals surface area contributed by atoms with Crippen LogP contribution in [0.2, 0.25) is 0 Å². The summed E-state index contributed by atoms with van der Waals surface area (Å²) in [7, 11) is -1.45. The second-order valence-corrected chi connectivity index (χ2v) is 8.31. The van der Waals surface area contributed by atoms with Crippen LogP contribution in [-0.4, -0.2) is 45.0 Å². The zero-order valence-electron chi connectivity index (χ0n) is 11.8. The number of nitrogens with zero attached hydrogens (tertiary/aromatic N) is 1. The molecule has 6 nitrogen and oxygen atoms in total. The topological polar surface area (TPSA) is 82.3 Å². The van der Waals surface area contributed by atoms with Crippen LogP contribution in [0.25, 0.3) is 0 Å². The summed E-state index contributed by atoms with van der Waals surface area (Å²) in [4.78, 5) is 15.6. The molecule has 1 aromatic heterocycles. The van der Waals surface area contributed by atoms with Crippen molar-refractivity contribution in [2.75, 3.05) is 26.7 Å². The van der Waals surface area contributed by atoms with E-state index in [1.54, 1.807) is 6.92 Å². The number of sulfonamides is 1. The quantitative estimate of drug-likeness (QED) is 0.839. The molecule has 0 saturated carbocycles. The van der Waals surface area contributed by atoms with E-state index in [1.807, 2.05) is 0 Å². The maximum Gasteiger partial charge on any atom is 0.305 e. The van der Waals surface area contributed by atoms with E-state index in [-0.39, 0.29) is 9.08 Å². The molecule has 0 radical (unpaired) electrons. The Morgan fingerprint density at radius 3 is 2.60 bits per heavy atom. The standard InChI is InChI=1S/C12H21N3O3S2/c1-9-11(19-12(16)14-9)20(17,18)13-6-3-10-4-7-15(2)8-5-10/h10,13H,3-8H2,1-2H3,(H,14,16). The Hall–Kier alpha value is -0.700. The second-order valence-electron chi connectivity index (χ2n) is 5.36. The Labute approximate surface area is 123 Å². The third-order valence-electron chi connectivity index (χ3n) is 3.71. The van der Waals surface area contributed by atoms with Gasteiger partial charge in [-0.3, -0.25) is 4.79 Å². The lowest BCUT2D eigenvalue weighted by Crippen LogP contribution is -2.32. The van der Waals surface area contributed by atoms with Crippen LogP contribution in [0, 0.1) is 12.8 Å². The van der Waals surface area contributed by atoms with Crippen molar-refractivity contribution >= 4 is 21.4 Å². The van der Waals surface area contributed by atoms with Crippen LogP contribution in [-0.2, 0) is 10.0 Å². The summed E-state index contributed by atoms with van der Waals surface area (Å²) in [6, 6.07) is 0. The number of hydrogen-bond acceptors (Lipinski definition) is 5. The van der Waals surface area contributed by atoms with Crippen molar-refractivity contribution in [1.82, 2.24) is 14.6 Å². The summed E-state index contributed by atoms with van der Waals surface area (Å²) in [5.74, 6) is 0.583. The van der Waals surface area contributed by atoms with Gasteiger partial charge in [0.1, 0.15) is 0 Å². The van der Waals surface area contributed by atoms with Crippen LogP contribution in [0.1, 0.15) is 25.0 Å². The molecule has 0 atom stereocenters. The fourth-order valence-electron chi connectivity index (χ4n) is 2.46. The van der Waals surface area contributed by atoms with Gasteiger partial charge in [-0.25, -0.2) is 13.1 Å². The molecule has 20 heavy (non-hydrogen) atoms. The van der Waals surface area contributed by atoms with E-state index < -0.39 is 10.0 Å². The molecule has 0 aliphatic carbocycles. The van der Waals surface area contributed by atoms with E-state index in [0.717, 1.165) is 43.7 Å². The van der Waals surface area contributed by atoms with Crippen molar-refractivity contribution in [3.8, 4) is 0 Å². The van der Waals surface area contributed by atoms with Gasteiger partial charge in [0.15, 0.2) is 4.21 Å². The number of hydrogen-bond donors (Lipinski definition) is 2. The van der Waals surface area contributed by atoms with E-state index in [0.29, 0.717) is 18.2 Å². The molecule has 1 aromatic rings. The third-order valence-corrected chi connectivity index (χ3v) is 6.77. The van der Waals surface area contributed by atoms with Crippen molar-refractivity contribution < 1.29 is 8.42 Å². The van der Waals surface area contributed by atoms with Crippen LogP contribution >= 0.6 is 11.3 Å². The molecule has 0 amide bonds. The lowest BCUT2D eigenvalue weighted by molar-refractivity contribution is 0.213. The molecule has 2 rings (SSSR count). The van der Waals surface area contributed by atoms with Crippen molar-refractivity contribution in [3.63, 3.8) is 0 Å². The van der Waals surface area contributed by atoms with E-state index >= 15 is 0 Å². The summed E-state index contributed by atoms with van der Waals surface area (Å²) in [5, 5.41) is 0. The van der Waals surface area contributed by atoms with Gasteiger partial charge in [-0.1, -0.05) is 11.3 Å². The molecular formula is C12H21N3O3S2. The highest BCUT2D eigenvalue weighted by Gasteiger charge is 2.21. The van der Waals surface area contributed by atoms with Crippen LogP contribution in [0.4, 0.5) is 0 Å². The summed E-state index contributed by atoms with van der Waals surface area (Å²) in [5.41, 5.74) is 0.409. The van der Waals surface area contributed by atoms with Crippen LogP contribution in [0.15, 0.2) is 9.00 Å². The van der Waals surface area contributed by atoms with Gasteiger partial charge in [0.2, 0.25) is 0 Å².